The number of esters is 4. The summed E-state index contributed by atoms with van der Waals surface area (Å²) >= 11 is 0. The average Bonchev–Trinajstić information content (AvgIpc) is 3.16. The lowest BCUT2D eigenvalue weighted by atomic mass is 9.96. The summed E-state index contributed by atoms with van der Waals surface area (Å²) in [7, 11) is 0. The van der Waals surface area contributed by atoms with Crippen LogP contribution in [-0.4, -0.2) is 70.1 Å². The zero-order valence-electron chi connectivity index (χ0n) is 19.5. The Labute approximate surface area is 191 Å². The lowest BCUT2D eigenvalue weighted by molar-refractivity contribution is -0.280. The molecule has 184 valence electrons. The molecule has 1 unspecified atom stereocenters. The van der Waals surface area contributed by atoms with E-state index in [0.717, 1.165) is 19.3 Å². The number of aryl methyl sites for hydroxylation is 1. The van der Waals surface area contributed by atoms with Crippen molar-refractivity contribution >= 4 is 23.9 Å². The van der Waals surface area contributed by atoms with Gasteiger partial charge < -0.3 is 23.7 Å². The Balaban J connectivity index is 2.46. The summed E-state index contributed by atoms with van der Waals surface area (Å²) in [4.78, 5) is 46.9. The molecular weight excluding hydrogens is 438 g/mol. The van der Waals surface area contributed by atoms with Gasteiger partial charge in [0.15, 0.2) is 18.2 Å². The number of hydrogen-bond acceptors (Lipinski definition) is 11. The standard InChI is InChI=1S/C21H31N3O9/c1-6-7-8-9-16-10-24(23-22-16)18-20(31-14(4)27)19(30-13(3)26)17(11-29-12(2)25)33-21(18)32-15(5)28/h10,17-21H,6-9,11H2,1-5H3/t17-,18-,19-,20-,21?/m1/s1. The Morgan fingerprint density at radius 2 is 1.58 bits per heavy atom. The molecule has 0 spiro atoms. The molecular formula is C21H31N3O9. The van der Waals surface area contributed by atoms with Gasteiger partial charge in [0.05, 0.1) is 5.69 Å². The highest BCUT2D eigenvalue weighted by Gasteiger charge is 2.53. The van der Waals surface area contributed by atoms with E-state index in [1.54, 1.807) is 6.20 Å². The maximum Gasteiger partial charge on any atom is 0.305 e. The van der Waals surface area contributed by atoms with E-state index in [9.17, 15) is 19.2 Å². The van der Waals surface area contributed by atoms with Crippen LogP contribution in [0.4, 0.5) is 0 Å². The van der Waals surface area contributed by atoms with Crippen LogP contribution in [0.15, 0.2) is 6.20 Å². The van der Waals surface area contributed by atoms with Gasteiger partial charge in [-0.25, -0.2) is 4.68 Å². The van der Waals surface area contributed by atoms with Crippen LogP contribution >= 0.6 is 0 Å². The first kappa shape index (κ1) is 26.2. The minimum atomic E-state index is -1.29. The van der Waals surface area contributed by atoms with E-state index >= 15 is 0 Å². The Hall–Kier alpha value is -3.02. The van der Waals surface area contributed by atoms with Crippen molar-refractivity contribution in [3.63, 3.8) is 0 Å². The summed E-state index contributed by atoms with van der Waals surface area (Å²) in [6.45, 7) is 6.53. The van der Waals surface area contributed by atoms with Crippen molar-refractivity contribution in [1.82, 2.24) is 15.0 Å². The normalized spacial score (nSPS) is 24.6. The number of carbonyl (C=O) groups excluding carboxylic acids is 4. The molecule has 1 saturated heterocycles. The predicted molar refractivity (Wildman–Crippen MR) is 110 cm³/mol. The summed E-state index contributed by atoms with van der Waals surface area (Å²) < 4.78 is 28.5. The molecule has 1 aromatic heterocycles. The Morgan fingerprint density at radius 1 is 0.939 bits per heavy atom. The molecule has 1 fully saturated rings. The first-order valence-corrected chi connectivity index (χ1v) is 10.8. The molecule has 0 aromatic carbocycles. The molecule has 0 bridgehead atoms. The second-order valence-electron chi connectivity index (χ2n) is 7.74. The number of aromatic nitrogens is 3. The Kier molecular flexibility index (Phi) is 9.76. The van der Waals surface area contributed by atoms with Crippen LogP contribution in [0.25, 0.3) is 0 Å². The summed E-state index contributed by atoms with van der Waals surface area (Å²) in [5.74, 6) is -2.59. The van der Waals surface area contributed by atoms with Crippen molar-refractivity contribution in [3.05, 3.63) is 11.9 Å². The number of ether oxygens (including phenoxy) is 5. The van der Waals surface area contributed by atoms with Gasteiger partial charge in [-0.05, 0) is 12.8 Å². The van der Waals surface area contributed by atoms with Crippen LogP contribution < -0.4 is 0 Å². The number of nitrogens with zero attached hydrogens (tertiary/aromatic N) is 3. The topological polar surface area (TPSA) is 145 Å². The quantitative estimate of drug-likeness (QED) is 0.277. The minimum absolute atomic E-state index is 0.324. The highest BCUT2D eigenvalue weighted by Crippen LogP contribution is 2.35. The molecule has 12 nitrogen and oxygen atoms in total. The van der Waals surface area contributed by atoms with Crippen molar-refractivity contribution in [2.75, 3.05) is 6.61 Å². The Morgan fingerprint density at radius 3 is 2.15 bits per heavy atom. The van der Waals surface area contributed by atoms with E-state index in [4.69, 9.17) is 23.7 Å². The maximum absolute atomic E-state index is 12.0. The van der Waals surface area contributed by atoms with E-state index in [2.05, 4.69) is 17.2 Å². The van der Waals surface area contributed by atoms with Gasteiger partial charge in [-0.3, -0.25) is 19.2 Å². The van der Waals surface area contributed by atoms with Crippen molar-refractivity contribution in [2.24, 2.45) is 0 Å². The van der Waals surface area contributed by atoms with Crippen LogP contribution in [-0.2, 0) is 49.3 Å². The fourth-order valence-electron chi connectivity index (χ4n) is 3.55. The van der Waals surface area contributed by atoms with E-state index in [1.807, 2.05) is 0 Å². The molecule has 1 aliphatic rings. The number of hydrogen-bond donors (Lipinski definition) is 0. The summed E-state index contributed by atoms with van der Waals surface area (Å²) in [6.07, 6.45) is 0.607. The van der Waals surface area contributed by atoms with Crippen molar-refractivity contribution in [3.8, 4) is 0 Å². The molecule has 2 heterocycles. The van der Waals surface area contributed by atoms with Crippen molar-refractivity contribution < 1.29 is 42.9 Å². The first-order valence-electron chi connectivity index (χ1n) is 10.8. The van der Waals surface area contributed by atoms with Gasteiger partial charge in [0.1, 0.15) is 12.7 Å². The minimum Gasteiger partial charge on any atom is -0.463 e. The molecule has 0 N–H and O–H groups in total. The van der Waals surface area contributed by atoms with Crippen LogP contribution in [0, 0.1) is 0 Å². The number of unbranched alkanes of at least 4 members (excludes halogenated alkanes) is 2. The third kappa shape index (κ3) is 7.81. The van der Waals surface area contributed by atoms with E-state index in [-0.39, 0.29) is 6.61 Å². The molecule has 2 rings (SSSR count). The van der Waals surface area contributed by atoms with Gasteiger partial charge in [-0.2, -0.15) is 0 Å². The first-order chi connectivity index (χ1) is 15.6. The molecule has 0 amide bonds. The summed E-state index contributed by atoms with van der Waals surface area (Å²) in [5.41, 5.74) is 0.692. The van der Waals surface area contributed by atoms with Crippen LogP contribution in [0.1, 0.15) is 65.6 Å². The van der Waals surface area contributed by atoms with Gasteiger partial charge in [-0.15, -0.1) is 5.10 Å². The molecule has 1 aromatic rings. The largest absolute Gasteiger partial charge is 0.463 e. The number of carbonyl (C=O) groups is 4. The van der Waals surface area contributed by atoms with Gasteiger partial charge in [0.25, 0.3) is 0 Å². The molecule has 12 heteroatoms. The average molecular weight is 469 g/mol. The zero-order chi connectivity index (χ0) is 24.5. The second-order valence-corrected chi connectivity index (χ2v) is 7.74. The van der Waals surface area contributed by atoms with Gasteiger partial charge >= 0.3 is 23.9 Å². The highest BCUT2D eigenvalue weighted by molar-refractivity contribution is 5.68. The molecule has 0 radical (unpaired) electrons. The van der Waals surface area contributed by atoms with Gasteiger partial charge in [0.2, 0.25) is 6.29 Å². The third-order valence-electron chi connectivity index (χ3n) is 4.85. The molecule has 1 aliphatic heterocycles. The van der Waals surface area contributed by atoms with Crippen LogP contribution in [0.3, 0.4) is 0 Å². The SMILES string of the molecule is CCCCCc1cn([C@H]2C(OC(C)=O)O[C@H](COC(C)=O)[C@@H](OC(C)=O)[C@@H]2OC(C)=O)nn1. The third-order valence-corrected chi connectivity index (χ3v) is 4.85. The molecule has 5 atom stereocenters. The smallest absolute Gasteiger partial charge is 0.305 e. The van der Waals surface area contributed by atoms with E-state index in [0.29, 0.717) is 12.1 Å². The lowest BCUT2D eigenvalue weighted by Crippen LogP contribution is -2.60. The van der Waals surface area contributed by atoms with E-state index in [1.165, 1.54) is 32.4 Å². The maximum atomic E-state index is 12.0. The lowest BCUT2D eigenvalue weighted by Gasteiger charge is -2.44. The van der Waals surface area contributed by atoms with Crippen LogP contribution in [0.5, 0.6) is 0 Å². The predicted octanol–water partition coefficient (Wildman–Crippen LogP) is 1.27. The Bertz CT molecular complexity index is 841. The van der Waals surface area contributed by atoms with Crippen molar-refractivity contribution in [1.29, 1.82) is 0 Å². The number of rotatable bonds is 10. The summed E-state index contributed by atoms with van der Waals surface area (Å²) in [5, 5.41) is 8.28. The molecule has 0 saturated carbocycles. The van der Waals surface area contributed by atoms with Crippen molar-refractivity contribution in [2.45, 2.75) is 90.9 Å². The van der Waals surface area contributed by atoms with Gasteiger partial charge in [0, 0.05) is 33.9 Å². The molecule has 0 aliphatic carbocycles. The summed E-state index contributed by atoms with van der Waals surface area (Å²) in [6, 6.07) is -1.01. The fourth-order valence-corrected chi connectivity index (χ4v) is 3.55. The zero-order valence-corrected chi connectivity index (χ0v) is 19.5. The fraction of sp³-hybridized carbons (Fsp3) is 0.714. The van der Waals surface area contributed by atoms with Crippen LogP contribution in [0.2, 0.25) is 0 Å². The van der Waals surface area contributed by atoms with E-state index < -0.39 is 54.5 Å². The highest BCUT2D eigenvalue weighted by atomic mass is 16.7. The second kappa shape index (κ2) is 12.3. The van der Waals surface area contributed by atoms with Gasteiger partial charge in [-0.1, -0.05) is 25.0 Å². The molecule has 33 heavy (non-hydrogen) atoms. The monoisotopic (exact) mass is 469 g/mol.